The van der Waals surface area contributed by atoms with Crippen molar-refractivity contribution >= 4 is 10.8 Å². The van der Waals surface area contributed by atoms with Crippen molar-refractivity contribution in [1.29, 1.82) is 0 Å². The third-order valence-electron chi connectivity index (χ3n) is 2.67. The molecule has 3 aromatic rings. The minimum absolute atomic E-state index is 0.366. The summed E-state index contributed by atoms with van der Waals surface area (Å²) in [5.74, 6) is 0.744. The fourth-order valence-corrected chi connectivity index (χ4v) is 1.82. The van der Waals surface area contributed by atoms with Crippen LogP contribution in [0.3, 0.4) is 0 Å². The van der Waals surface area contributed by atoms with Crippen molar-refractivity contribution in [2.24, 2.45) is 5.73 Å². The van der Waals surface area contributed by atoms with E-state index >= 15 is 0 Å². The Morgan fingerprint density at radius 3 is 3.00 bits per heavy atom. The average molecular weight is 225 g/mol. The molecule has 5 nitrogen and oxygen atoms in total. The molecule has 3 rings (SSSR count). The standard InChI is InChI=1S/C12H11N5/c13-6-12-15-8-16-17(12)11-2-1-9-3-4-14-7-10(9)5-11/h1-5,7-8H,6,13H2. The molecule has 0 amide bonds. The van der Waals surface area contributed by atoms with Crippen LogP contribution in [0.4, 0.5) is 0 Å². The minimum atomic E-state index is 0.366. The molecule has 5 heteroatoms. The lowest BCUT2D eigenvalue weighted by Crippen LogP contribution is -2.07. The first kappa shape index (κ1) is 9.92. The Labute approximate surface area is 97.9 Å². The van der Waals surface area contributed by atoms with E-state index in [9.17, 15) is 0 Å². The van der Waals surface area contributed by atoms with Crippen LogP contribution in [-0.2, 0) is 6.54 Å². The highest BCUT2D eigenvalue weighted by Gasteiger charge is 2.05. The normalized spacial score (nSPS) is 10.9. The molecule has 0 aliphatic carbocycles. The van der Waals surface area contributed by atoms with Crippen LogP contribution >= 0.6 is 0 Å². The van der Waals surface area contributed by atoms with Crippen LogP contribution in [0.5, 0.6) is 0 Å². The van der Waals surface area contributed by atoms with Crippen molar-refractivity contribution in [2.75, 3.05) is 0 Å². The molecule has 17 heavy (non-hydrogen) atoms. The van der Waals surface area contributed by atoms with Crippen LogP contribution in [0.2, 0.25) is 0 Å². The highest BCUT2D eigenvalue weighted by Crippen LogP contribution is 2.17. The molecule has 84 valence electrons. The van der Waals surface area contributed by atoms with Gasteiger partial charge in [0.1, 0.15) is 12.2 Å². The third-order valence-corrected chi connectivity index (χ3v) is 2.67. The second-order valence-electron chi connectivity index (χ2n) is 3.70. The van der Waals surface area contributed by atoms with Gasteiger partial charge in [0.05, 0.1) is 12.2 Å². The first-order chi connectivity index (χ1) is 8.38. The van der Waals surface area contributed by atoms with Crippen LogP contribution in [-0.4, -0.2) is 19.7 Å². The van der Waals surface area contributed by atoms with E-state index in [4.69, 9.17) is 5.73 Å². The Bertz CT molecular complexity index is 659. The summed E-state index contributed by atoms with van der Waals surface area (Å²) in [6.07, 6.45) is 5.12. The summed E-state index contributed by atoms with van der Waals surface area (Å²) in [5.41, 5.74) is 6.56. The monoisotopic (exact) mass is 225 g/mol. The molecule has 0 spiro atoms. The summed E-state index contributed by atoms with van der Waals surface area (Å²) in [7, 11) is 0. The molecule has 0 atom stereocenters. The van der Waals surface area contributed by atoms with Crippen molar-refractivity contribution in [3.63, 3.8) is 0 Å². The molecule has 1 aromatic carbocycles. The van der Waals surface area contributed by atoms with Gasteiger partial charge in [-0.15, -0.1) is 0 Å². The van der Waals surface area contributed by atoms with Crippen molar-refractivity contribution in [3.8, 4) is 5.69 Å². The average Bonchev–Trinajstić information content (AvgIpc) is 2.86. The van der Waals surface area contributed by atoms with Crippen LogP contribution in [0, 0.1) is 0 Å². The van der Waals surface area contributed by atoms with Crippen molar-refractivity contribution < 1.29 is 0 Å². The predicted octanol–water partition coefficient (Wildman–Crippen LogP) is 1.27. The van der Waals surface area contributed by atoms with E-state index in [1.165, 1.54) is 6.33 Å². The zero-order chi connectivity index (χ0) is 11.7. The fourth-order valence-electron chi connectivity index (χ4n) is 1.82. The number of fused-ring (bicyclic) bond motifs is 1. The molecular weight excluding hydrogens is 214 g/mol. The fraction of sp³-hybridized carbons (Fsp3) is 0.0833. The Balaban J connectivity index is 2.18. The Morgan fingerprint density at radius 1 is 1.18 bits per heavy atom. The molecule has 2 heterocycles. The lowest BCUT2D eigenvalue weighted by molar-refractivity contribution is 0.790. The number of aromatic nitrogens is 4. The first-order valence-corrected chi connectivity index (χ1v) is 5.31. The van der Waals surface area contributed by atoms with Gasteiger partial charge < -0.3 is 5.73 Å². The van der Waals surface area contributed by atoms with E-state index in [1.807, 2.05) is 30.5 Å². The van der Waals surface area contributed by atoms with Crippen molar-refractivity contribution in [1.82, 2.24) is 19.7 Å². The summed E-state index contributed by atoms with van der Waals surface area (Å²) in [6.45, 7) is 0.366. The molecule has 0 unspecified atom stereocenters. The number of hydrogen-bond donors (Lipinski definition) is 1. The Hall–Kier alpha value is -2.27. The van der Waals surface area contributed by atoms with Gasteiger partial charge in [-0.25, -0.2) is 9.67 Å². The maximum Gasteiger partial charge on any atom is 0.145 e. The van der Waals surface area contributed by atoms with Crippen LogP contribution in [0.15, 0.2) is 43.0 Å². The van der Waals surface area contributed by atoms with Gasteiger partial charge in [0, 0.05) is 17.8 Å². The largest absolute Gasteiger partial charge is 0.324 e. The molecule has 0 fully saturated rings. The molecule has 0 saturated carbocycles. The van der Waals surface area contributed by atoms with E-state index in [1.54, 1.807) is 10.9 Å². The molecule has 2 aromatic heterocycles. The maximum absolute atomic E-state index is 5.61. The lowest BCUT2D eigenvalue weighted by Gasteiger charge is -2.05. The summed E-state index contributed by atoms with van der Waals surface area (Å²) in [6, 6.07) is 8.03. The lowest BCUT2D eigenvalue weighted by atomic mass is 10.1. The number of pyridine rings is 1. The highest BCUT2D eigenvalue weighted by molar-refractivity contribution is 5.83. The Kier molecular flexibility index (Phi) is 2.31. The summed E-state index contributed by atoms with van der Waals surface area (Å²) in [4.78, 5) is 8.21. The van der Waals surface area contributed by atoms with Crippen LogP contribution in [0.25, 0.3) is 16.5 Å². The van der Waals surface area contributed by atoms with Gasteiger partial charge in [-0.2, -0.15) is 5.10 Å². The molecule has 0 radical (unpaired) electrons. The van der Waals surface area contributed by atoms with Crippen LogP contribution < -0.4 is 5.73 Å². The molecule has 0 aliphatic rings. The summed E-state index contributed by atoms with van der Waals surface area (Å²) >= 11 is 0. The molecule has 2 N–H and O–H groups in total. The zero-order valence-electron chi connectivity index (χ0n) is 9.11. The van der Waals surface area contributed by atoms with Gasteiger partial charge in [0.25, 0.3) is 0 Å². The smallest absolute Gasteiger partial charge is 0.145 e. The maximum atomic E-state index is 5.61. The van der Waals surface area contributed by atoms with E-state index in [0.29, 0.717) is 6.54 Å². The second-order valence-corrected chi connectivity index (χ2v) is 3.70. The highest BCUT2D eigenvalue weighted by atomic mass is 15.3. The predicted molar refractivity (Wildman–Crippen MR) is 64.6 cm³/mol. The quantitative estimate of drug-likeness (QED) is 0.713. The second kappa shape index (κ2) is 3.95. The van der Waals surface area contributed by atoms with Gasteiger partial charge in [-0.3, -0.25) is 4.98 Å². The van der Waals surface area contributed by atoms with Gasteiger partial charge >= 0.3 is 0 Å². The number of rotatable bonds is 2. The van der Waals surface area contributed by atoms with Gasteiger partial charge in [-0.1, -0.05) is 6.07 Å². The molecule has 0 bridgehead atoms. The van der Waals surface area contributed by atoms with E-state index < -0.39 is 0 Å². The van der Waals surface area contributed by atoms with Gasteiger partial charge in [0.2, 0.25) is 0 Å². The number of nitrogens with two attached hydrogens (primary N) is 1. The van der Waals surface area contributed by atoms with E-state index in [-0.39, 0.29) is 0 Å². The van der Waals surface area contributed by atoms with Crippen molar-refractivity contribution in [3.05, 3.63) is 48.8 Å². The van der Waals surface area contributed by atoms with Gasteiger partial charge in [-0.05, 0) is 23.6 Å². The summed E-state index contributed by atoms with van der Waals surface area (Å²) < 4.78 is 1.74. The number of hydrogen-bond acceptors (Lipinski definition) is 4. The van der Waals surface area contributed by atoms with E-state index in [0.717, 1.165) is 22.3 Å². The molecule has 0 saturated heterocycles. The topological polar surface area (TPSA) is 69.6 Å². The zero-order valence-corrected chi connectivity index (χ0v) is 9.11. The van der Waals surface area contributed by atoms with E-state index in [2.05, 4.69) is 15.1 Å². The SMILES string of the molecule is NCc1ncnn1-c1ccc2ccncc2c1. The number of benzene rings is 1. The van der Waals surface area contributed by atoms with Crippen molar-refractivity contribution in [2.45, 2.75) is 6.54 Å². The Morgan fingerprint density at radius 2 is 2.12 bits per heavy atom. The molecular formula is C12H11N5. The van der Waals surface area contributed by atoms with Gasteiger partial charge in [0.15, 0.2) is 0 Å². The first-order valence-electron chi connectivity index (χ1n) is 5.31. The number of nitrogens with zero attached hydrogens (tertiary/aromatic N) is 4. The molecule has 0 aliphatic heterocycles. The summed E-state index contributed by atoms with van der Waals surface area (Å²) in [5, 5.41) is 6.39. The minimum Gasteiger partial charge on any atom is -0.324 e. The third kappa shape index (κ3) is 1.66. The van der Waals surface area contributed by atoms with Crippen LogP contribution in [0.1, 0.15) is 5.82 Å².